The number of amides is 3. The molecule has 1 unspecified atom stereocenters. The van der Waals surface area contributed by atoms with Gasteiger partial charge in [-0.1, -0.05) is 36.4 Å². The third kappa shape index (κ3) is 12.0. The zero-order valence-corrected chi connectivity index (χ0v) is 41.1. The minimum atomic E-state index is -1.92. The highest BCUT2D eigenvalue weighted by Gasteiger charge is 2.48. The number of carboxylic acid groups (broad SMARTS) is 1. The molecule has 73 heavy (non-hydrogen) atoms. The number of hydrogen-bond donors (Lipinski definition) is 8. The highest BCUT2D eigenvalue weighted by Crippen LogP contribution is 2.32. The van der Waals surface area contributed by atoms with Gasteiger partial charge in [-0.2, -0.15) is 0 Å². The van der Waals surface area contributed by atoms with Crippen LogP contribution in [0.15, 0.2) is 91.0 Å². The molecule has 6 atom stereocenters. The average molecular weight is 998 g/mol. The number of quaternary nitrogens is 1. The largest absolute Gasteiger partial charge is 0.479 e. The number of anilines is 1. The van der Waals surface area contributed by atoms with E-state index in [9.17, 15) is 39.6 Å². The predicted molar refractivity (Wildman–Crippen MR) is 274 cm³/mol. The number of hydrogen-bond acceptors (Lipinski definition) is 15. The number of carbonyl (C=O) groups is 4. The predicted octanol–water partition coefficient (Wildman–Crippen LogP) is 3.18. The number of carbonyl (C=O) groups excluding carboxylic acids is 3. The van der Waals surface area contributed by atoms with Crippen LogP contribution in [0.5, 0.6) is 5.75 Å². The van der Waals surface area contributed by atoms with Crippen LogP contribution in [-0.2, 0) is 20.9 Å². The molecule has 8 rings (SSSR count). The lowest BCUT2D eigenvalue weighted by Gasteiger charge is -2.38. The van der Waals surface area contributed by atoms with Crippen molar-refractivity contribution < 1.29 is 53.6 Å². The topological polar surface area (TPSA) is 285 Å². The first kappa shape index (κ1) is 52.0. The number of aliphatic hydroxyl groups excluding tert-OH is 3. The number of ether oxygens (including phenoxy) is 2. The second-order valence-electron chi connectivity index (χ2n) is 18.8. The van der Waals surface area contributed by atoms with Gasteiger partial charge in [-0.05, 0) is 86.6 Å². The summed E-state index contributed by atoms with van der Waals surface area (Å²) in [6.07, 6.45) is -8.61. The van der Waals surface area contributed by atoms with E-state index in [1.54, 1.807) is 36.4 Å². The molecule has 3 amide bonds. The number of carboxylic acids is 1. The van der Waals surface area contributed by atoms with Gasteiger partial charge in [0, 0.05) is 44.6 Å². The van der Waals surface area contributed by atoms with Crippen LogP contribution in [0, 0.1) is 13.8 Å². The normalized spacial score (nSPS) is 18.7. The first-order valence-electron chi connectivity index (χ1n) is 24.1. The number of para-hydroxylation sites is 4. The van der Waals surface area contributed by atoms with E-state index in [0.29, 0.717) is 88.9 Å². The number of nitrogens with zero attached hydrogens (tertiary/aromatic N) is 6. The molecule has 1 aliphatic rings. The molecule has 7 aromatic rings. The lowest BCUT2D eigenvalue weighted by molar-refractivity contribution is -0.921. The van der Waals surface area contributed by atoms with E-state index in [0.717, 1.165) is 33.2 Å². The molecule has 20 heteroatoms. The van der Waals surface area contributed by atoms with Crippen molar-refractivity contribution in [1.82, 2.24) is 35.5 Å². The Morgan fingerprint density at radius 3 is 1.85 bits per heavy atom. The van der Waals surface area contributed by atoms with Gasteiger partial charge < -0.3 is 61.0 Å². The van der Waals surface area contributed by atoms with Crippen LogP contribution in [0.3, 0.4) is 0 Å². The highest BCUT2D eigenvalue weighted by atomic mass is 16.7. The Balaban J connectivity index is 0.976. The van der Waals surface area contributed by atoms with Crippen molar-refractivity contribution in [3.05, 3.63) is 119 Å². The summed E-state index contributed by atoms with van der Waals surface area (Å²) in [5.41, 5.74) is 14.6. The van der Waals surface area contributed by atoms with Gasteiger partial charge in [-0.25, -0.2) is 24.7 Å². The number of benzene rings is 5. The summed E-state index contributed by atoms with van der Waals surface area (Å²) < 4.78 is 11.7. The molecule has 0 spiro atoms. The first-order chi connectivity index (χ1) is 35.0. The molecule has 5 aromatic carbocycles. The number of aliphatic carboxylic acids is 1. The standard InChI is InChI=1S/C53H60N10O10/c1-30-10-5-14-35-42(30)60-44-33(12-7-16-37(44)57-35)50(68)55-22-25-62(3)24-9-26-63(4,27-23-56-51(69)34-13-8-17-38-45(34)61-43-31(2)11-6-15-36(43)58-38)29-32-18-19-40(39(28-32)59-41(64)20-21-54)72-53-48(67)46(65)47(66)49(73-53)52(70)71/h5-8,10-19,28,46-49,53,65-67H,9,20-27,29,54H2,1-4H3,(H3-,55,56,59,64,68,69,70,71)/p+1/t46-,47+,48+,49+,53-,63?/m1/s1. The number of rotatable bonds is 20. The molecule has 0 saturated carbocycles. The molecule has 0 radical (unpaired) electrons. The van der Waals surface area contributed by atoms with E-state index in [1.165, 1.54) is 6.07 Å². The summed E-state index contributed by atoms with van der Waals surface area (Å²) in [5, 5.41) is 50.0. The summed E-state index contributed by atoms with van der Waals surface area (Å²) in [5.74, 6) is -2.56. The minimum Gasteiger partial charge on any atom is -0.479 e. The number of likely N-dealkylation sites (N-methyl/N-ethyl adjacent to an activating group) is 2. The lowest BCUT2D eigenvalue weighted by atomic mass is 9.99. The maximum Gasteiger partial charge on any atom is 0.335 e. The Morgan fingerprint density at radius 2 is 1.27 bits per heavy atom. The van der Waals surface area contributed by atoms with E-state index in [-0.39, 0.29) is 42.8 Å². The molecular weight excluding hydrogens is 937 g/mol. The van der Waals surface area contributed by atoms with Gasteiger partial charge in [0.15, 0.2) is 6.10 Å². The van der Waals surface area contributed by atoms with Gasteiger partial charge >= 0.3 is 5.97 Å². The second-order valence-corrected chi connectivity index (χ2v) is 18.8. The molecule has 3 heterocycles. The summed E-state index contributed by atoms with van der Waals surface area (Å²) in [6, 6.07) is 27.3. The van der Waals surface area contributed by atoms with E-state index >= 15 is 0 Å². The summed E-state index contributed by atoms with van der Waals surface area (Å²) in [6.45, 7) is 7.35. The van der Waals surface area contributed by atoms with Crippen LogP contribution in [0.1, 0.15) is 50.2 Å². The Kier molecular flexibility index (Phi) is 16.1. The van der Waals surface area contributed by atoms with Crippen LogP contribution in [0.25, 0.3) is 44.1 Å². The molecule has 0 bridgehead atoms. The van der Waals surface area contributed by atoms with Crippen LogP contribution < -0.4 is 26.4 Å². The fourth-order valence-corrected chi connectivity index (χ4v) is 9.12. The van der Waals surface area contributed by atoms with Gasteiger partial charge in [0.05, 0.1) is 76.6 Å². The van der Waals surface area contributed by atoms with Crippen LogP contribution >= 0.6 is 0 Å². The fourth-order valence-electron chi connectivity index (χ4n) is 9.12. The molecule has 0 aliphatic carbocycles. The van der Waals surface area contributed by atoms with Crippen molar-refractivity contribution in [3.63, 3.8) is 0 Å². The van der Waals surface area contributed by atoms with Crippen LogP contribution in [0.4, 0.5) is 5.69 Å². The fraction of sp³-hybridized carbons (Fsp3) is 0.358. The van der Waals surface area contributed by atoms with Gasteiger partial charge in [-0.15, -0.1) is 0 Å². The maximum atomic E-state index is 13.9. The Hall–Kier alpha value is -7.30. The van der Waals surface area contributed by atoms with E-state index in [2.05, 4.69) is 27.9 Å². The lowest BCUT2D eigenvalue weighted by Crippen LogP contribution is -2.61. The molecular formula is C53H61N10O10+. The quantitative estimate of drug-likeness (QED) is 0.0402. The number of nitrogens with one attached hydrogen (secondary N) is 3. The van der Waals surface area contributed by atoms with E-state index in [4.69, 9.17) is 35.1 Å². The smallest absolute Gasteiger partial charge is 0.335 e. The molecule has 1 saturated heterocycles. The number of aliphatic hydroxyl groups is 3. The van der Waals surface area contributed by atoms with Crippen LogP contribution in [-0.4, -0.2) is 164 Å². The second kappa shape index (κ2) is 22.6. The number of nitrogens with two attached hydrogens (primary N) is 1. The van der Waals surface area contributed by atoms with Gasteiger partial charge in [0.2, 0.25) is 12.2 Å². The van der Waals surface area contributed by atoms with Crippen molar-refractivity contribution in [2.24, 2.45) is 5.73 Å². The van der Waals surface area contributed by atoms with Crippen molar-refractivity contribution in [1.29, 1.82) is 0 Å². The minimum absolute atomic E-state index is 0.000728. The molecule has 2 aromatic heterocycles. The SMILES string of the molecule is Cc1cccc2nc3cccc(C(=O)NCCN(C)CCC[N+](C)(CCNC(=O)c4cccc5nc6cccc(C)c6nc45)Cc4ccc(O[C@@H]5O[C@H](C(=O)O)[C@@H](O)[C@@H](O)[C@@H]5O)c(NC(=O)CCN)c4)c3nc12. The molecule has 1 aliphatic heterocycles. The Bertz CT molecular complexity index is 3200. The van der Waals surface area contributed by atoms with Crippen LogP contribution in [0.2, 0.25) is 0 Å². The third-order valence-electron chi connectivity index (χ3n) is 13.1. The Labute approximate surface area is 420 Å². The maximum absolute atomic E-state index is 13.9. The van der Waals surface area contributed by atoms with Crippen molar-refractivity contribution in [2.75, 3.05) is 65.2 Å². The molecule has 382 valence electrons. The van der Waals surface area contributed by atoms with E-state index in [1.807, 2.05) is 69.4 Å². The first-order valence-corrected chi connectivity index (χ1v) is 24.1. The van der Waals surface area contributed by atoms with Gasteiger partial charge in [0.1, 0.15) is 41.6 Å². The average Bonchev–Trinajstić information content (AvgIpc) is 3.36. The summed E-state index contributed by atoms with van der Waals surface area (Å²) in [4.78, 5) is 73.6. The zero-order valence-electron chi connectivity index (χ0n) is 41.1. The zero-order chi connectivity index (χ0) is 52.0. The number of aromatic nitrogens is 4. The molecule has 1 fully saturated rings. The van der Waals surface area contributed by atoms with Crippen molar-refractivity contribution >= 4 is 73.5 Å². The highest BCUT2D eigenvalue weighted by molar-refractivity contribution is 6.07. The Morgan fingerprint density at radius 1 is 0.712 bits per heavy atom. The van der Waals surface area contributed by atoms with E-state index < -0.39 is 42.6 Å². The third-order valence-corrected chi connectivity index (χ3v) is 13.1. The van der Waals surface area contributed by atoms with Gasteiger partial charge in [-0.3, -0.25) is 14.4 Å². The summed E-state index contributed by atoms with van der Waals surface area (Å²) in [7, 11) is 4.04. The van der Waals surface area contributed by atoms with Crippen molar-refractivity contribution in [3.8, 4) is 5.75 Å². The summed E-state index contributed by atoms with van der Waals surface area (Å²) >= 11 is 0. The van der Waals surface area contributed by atoms with Crippen molar-refractivity contribution in [2.45, 2.75) is 63.9 Å². The molecule has 20 nitrogen and oxygen atoms in total. The number of aryl methyl sites for hydroxylation is 2. The monoisotopic (exact) mass is 997 g/mol. The molecule has 9 N–H and O–H groups in total. The van der Waals surface area contributed by atoms with Gasteiger partial charge in [0.25, 0.3) is 11.8 Å². The number of fused-ring (bicyclic) bond motifs is 4.